The van der Waals surface area contributed by atoms with Gasteiger partial charge in [0.15, 0.2) is 5.78 Å². The molecule has 2 rings (SSSR count). The van der Waals surface area contributed by atoms with Gasteiger partial charge in [0.2, 0.25) is 0 Å². The van der Waals surface area contributed by atoms with Crippen molar-refractivity contribution < 1.29 is 9.53 Å². The molecule has 1 aromatic heterocycles. The standard InChI is InChI=1S/C15H14BrNO2/c1-10-3-4-11(9-17-10)15(18)8-12-7-13(19-2)5-6-14(12)16/h3-7,9H,8H2,1-2H3. The van der Waals surface area contributed by atoms with E-state index in [0.29, 0.717) is 12.0 Å². The molecule has 0 spiro atoms. The fourth-order valence-corrected chi connectivity index (χ4v) is 2.11. The minimum absolute atomic E-state index is 0.0430. The number of aromatic nitrogens is 1. The van der Waals surface area contributed by atoms with Crippen LogP contribution in [0.4, 0.5) is 0 Å². The fourth-order valence-electron chi connectivity index (χ4n) is 1.72. The average Bonchev–Trinajstić information content (AvgIpc) is 2.42. The second-order valence-electron chi connectivity index (χ2n) is 4.25. The molecule has 0 fully saturated rings. The summed E-state index contributed by atoms with van der Waals surface area (Å²) in [5, 5.41) is 0. The van der Waals surface area contributed by atoms with E-state index in [4.69, 9.17) is 4.74 Å². The molecular formula is C15H14BrNO2. The summed E-state index contributed by atoms with van der Waals surface area (Å²) in [5.41, 5.74) is 2.43. The number of hydrogen-bond donors (Lipinski definition) is 0. The number of nitrogens with zero attached hydrogens (tertiary/aromatic N) is 1. The molecule has 2 aromatic rings. The van der Waals surface area contributed by atoms with Gasteiger partial charge in [-0.1, -0.05) is 15.9 Å². The summed E-state index contributed by atoms with van der Waals surface area (Å²) in [6, 6.07) is 9.25. The van der Waals surface area contributed by atoms with E-state index in [1.165, 1.54) is 0 Å². The lowest BCUT2D eigenvalue weighted by atomic mass is 10.0. The first-order valence-corrected chi connectivity index (χ1v) is 6.67. The number of aryl methyl sites for hydroxylation is 1. The first kappa shape index (κ1) is 13.7. The van der Waals surface area contributed by atoms with Crippen LogP contribution < -0.4 is 4.74 Å². The van der Waals surface area contributed by atoms with E-state index in [-0.39, 0.29) is 5.78 Å². The van der Waals surface area contributed by atoms with Gasteiger partial charge in [-0.15, -0.1) is 0 Å². The molecule has 0 N–H and O–H groups in total. The van der Waals surface area contributed by atoms with Crippen molar-refractivity contribution in [1.29, 1.82) is 0 Å². The number of rotatable bonds is 4. The molecule has 19 heavy (non-hydrogen) atoms. The predicted molar refractivity (Wildman–Crippen MR) is 77.7 cm³/mol. The molecule has 4 heteroatoms. The average molecular weight is 320 g/mol. The second-order valence-corrected chi connectivity index (χ2v) is 5.10. The molecule has 0 unspecified atom stereocenters. The van der Waals surface area contributed by atoms with Crippen molar-refractivity contribution in [3.8, 4) is 5.75 Å². The molecule has 3 nitrogen and oxygen atoms in total. The Balaban J connectivity index is 2.21. The molecular weight excluding hydrogens is 306 g/mol. The van der Waals surface area contributed by atoms with Crippen LogP contribution >= 0.6 is 15.9 Å². The summed E-state index contributed by atoms with van der Waals surface area (Å²) in [5.74, 6) is 0.787. The highest BCUT2D eigenvalue weighted by molar-refractivity contribution is 9.10. The summed E-state index contributed by atoms with van der Waals surface area (Å²) < 4.78 is 6.07. The molecule has 98 valence electrons. The van der Waals surface area contributed by atoms with Crippen molar-refractivity contribution in [2.24, 2.45) is 0 Å². The highest BCUT2D eigenvalue weighted by Crippen LogP contribution is 2.23. The minimum Gasteiger partial charge on any atom is -0.497 e. The summed E-state index contributed by atoms with van der Waals surface area (Å²) in [4.78, 5) is 16.3. The Morgan fingerprint density at radius 2 is 2.11 bits per heavy atom. The predicted octanol–water partition coefficient (Wildman–Crippen LogP) is 3.59. The van der Waals surface area contributed by atoms with Crippen LogP contribution in [0.15, 0.2) is 41.0 Å². The molecule has 0 atom stereocenters. The molecule has 0 saturated heterocycles. The van der Waals surface area contributed by atoms with Crippen LogP contribution in [0.3, 0.4) is 0 Å². The van der Waals surface area contributed by atoms with E-state index in [0.717, 1.165) is 21.5 Å². The first-order valence-electron chi connectivity index (χ1n) is 5.88. The molecule has 0 aliphatic carbocycles. The van der Waals surface area contributed by atoms with Crippen molar-refractivity contribution in [2.45, 2.75) is 13.3 Å². The third-order valence-corrected chi connectivity index (χ3v) is 3.61. The van der Waals surface area contributed by atoms with E-state index in [1.807, 2.05) is 31.2 Å². The van der Waals surface area contributed by atoms with Gasteiger partial charge in [-0.05, 0) is 42.8 Å². The van der Waals surface area contributed by atoms with E-state index in [2.05, 4.69) is 20.9 Å². The van der Waals surface area contributed by atoms with E-state index < -0.39 is 0 Å². The maximum atomic E-state index is 12.2. The van der Waals surface area contributed by atoms with Gasteiger partial charge < -0.3 is 4.74 Å². The van der Waals surface area contributed by atoms with Gasteiger partial charge in [0.25, 0.3) is 0 Å². The summed E-state index contributed by atoms with van der Waals surface area (Å²) in [7, 11) is 1.61. The highest BCUT2D eigenvalue weighted by atomic mass is 79.9. The lowest BCUT2D eigenvalue weighted by Gasteiger charge is -2.07. The number of carbonyl (C=O) groups excluding carboxylic acids is 1. The van der Waals surface area contributed by atoms with Crippen LogP contribution in [0.5, 0.6) is 5.75 Å². The Labute approximate surface area is 120 Å². The lowest BCUT2D eigenvalue weighted by Crippen LogP contribution is -2.05. The monoisotopic (exact) mass is 319 g/mol. The summed E-state index contributed by atoms with van der Waals surface area (Å²) >= 11 is 3.45. The maximum Gasteiger partial charge on any atom is 0.168 e. The second kappa shape index (κ2) is 5.97. The summed E-state index contributed by atoms with van der Waals surface area (Å²) in [6.07, 6.45) is 1.94. The zero-order valence-electron chi connectivity index (χ0n) is 10.8. The smallest absolute Gasteiger partial charge is 0.168 e. The van der Waals surface area contributed by atoms with E-state index in [1.54, 1.807) is 19.4 Å². The van der Waals surface area contributed by atoms with Gasteiger partial charge >= 0.3 is 0 Å². The normalized spacial score (nSPS) is 10.3. The van der Waals surface area contributed by atoms with Gasteiger partial charge in [-0.25, -0.2) is 0 Å². The van der Waals surface area contributed by atoms with Gasteiger partial charge in [-0.3, -0.25) is 9.78 Å². The zero-order valence-corrected chi connectivity index (χ0v) is 12.4. The number of benzene rings is 1. The van der Waals surface area contributed by atoms with Gasteiger partial charge in [0.05, 0.1) is 7.11 Å². The first-order chi connectivity index (χ1) is 9.10. The number of pyridine rings is 1. The van der Waals surface area contributed by atoms with Crippen LogP contribution in [0, 0.1) is 6.92 Å². The number of ketones is 1. The molecule has 0 bridgehead atoms. The largest absolute Gasteiger partial charge is 0.497 e. The summed E-state index contributed by atoms with van der Waals surface area (Å²) in [6.45, 7) is 1.90. The zero-order chi connectivity index (χ0) is 13.8. The molecule has 0 aliphatic heterocycles. The van der Waals surface area contributed by atoms with Gasteiger partial charge in [-0.2, -0.15) is 0 Å². The molecule has 0 radical (unpaired) electrons. The van der Waals surface area contributed by atoms with Crippen molar-refractivity contribution in [1.82, 2.24) is 4.98 Å². The van der Waals surface area contributed by atoms with Crippen molar-refractivity contribution >= 4 is 21.7 Å². The van der Waals surface area contributed by atoms with Crippen LogP contribution in [-0.2, 0) is 6.42 Å². The SMILES string of the molecule is COc1ccc(Br)c(CC(=O)c2ccc(C)nc2)c1. The number of methoxy groups -OCH3 is 1. The third kappa shape index (κ3) is 3.41. The Morgan fingerprint density at radius 3 is 2.74 bits per heavy atom. The van der Waals surface area contributed by atoms with Crippen LogP contribution in [0.25, 0.3) is 0 Å². The lowest BCUT2D eigenvalue weighted by molar-refractivity contribution is 0.0992. The quantitative estimate of drug-likeness (QED) is 0.808. The van der Waals surface area contributed by atoms with Crippen molar-refractivity contribution in [3.05, 3.63) is 57.8 Å². The number of ether oxygens (including phenoxy) is 1. The Hall–Kier alpha value is -1.68. The Bertz CT molecular complexity index is 594. The van der Waals surface area contributed by atoms with Crippen LogP contribution in [0.1, 0.15) is 21.6 Å². The number of carbonyl (C=O) groups is 1. The topological polar surface area (TPSA) is 39.2 Å². The minimum atomic E-state index is 0.0430. The number of halogens is 1. The molecule has 1 aromatic carbocycles. The molecule has 0 saturated carbocycles. The van der Waals surface area contributed by atoms with Crippen LogP contribution in [-0.4, -0.2) is 17.9 Å². The maximum absolute atomic E-state index is 12.2. The van der Waals surface area contributed by atoms with E-state index in [9.17, 15) is 4.79 Å². The Morgan fingerprint density at radius 1 is 1.32 bits per heavy atom. The number of hydrogen-bond acceptors (Lipinski definition) is 3. The molecule has 0 aliphatic rings. The van der Waals surface area contributed by atoms with Crippen LogP contribution in [0.2, 0.25) is 0 Å². The molecule has 0 amide bonds. The number of Topliss-reactive ketones (excluding diaryl/α,β-unsaturated/α-hetero) is 1. The molecule has 1 heterocycles. The van der Waals surface area contributed by atoms with E-state index >= 15 is 0 Å². The highest BCUT2D eigenvalue weighted by Gasteiger charge is 2.10. The van der Waals surface area contributed by atoms with Gasteiger partial charge in [0, 0.05) is 28.3 Å². The van der Waals surface area contributed by atoms with Crippen molar-refractivity contribution in [3.63, 3.8) is 0 Å². The Kier molecular flexibility index (Phi) is 4.32. The fraction of sp³-hybridized carbons (Fsp3) is 0.200. The third-order valence-electron chi connectivity index (χ3n) is 2.84. The van der Waals surface area contributed by atoms with Gasteiger partial charge in [0.1, 0.15) is 5.75 Å². The van der Waals surface area contributed by atoms with Crippen molar-refractivity contribution in [2.75, 3.05) is 7.11 Å².